The third kappa shape index (κ3) is 5.90. The van der Waals surface area contributed by atoms with Crippen LogP contribution in [0.3, 0.4) is 0 Å². The number of carbonyl (C=O) groups is 1. The lowest BCUT2D eigenvalue weighted by Gasteiger charge is -2.40. The highest BCUT2D eigenvalue weighted by atomic mass is 32.1. The quantitative estimate of drug-likeness (QED) is 0.403. The monoisotopic (exact) mass is 587 g/mol. The minimum Gasteiger partial charge on any atom is -0.403 e. The SMILES string of the molecule is O=C(c1ccc(OC(F)(F)F)c(F)c1)N1[C@H]2CC[C@H](c3cc(C(F)F)nc4ncnn34)[C@@H]1CC2.S.S.S. The van der Waals surface area contributed by atoms with Gasteiger partial charge in [0.1, 0.15) is 12.0 Å². The van der Waals surface area contributed by atoms with Crippen molar-refractivity contribution in [3.05, 3.63) is 53.4 Å². The molecule has 2 aliphatic heterocycles. The molecule has 2 saturated heterocycles. The van der Waals surface area contributed by atoms with Crippen molar-refractivity contribution < 1.29 is 35.9 Å². The van der Waals surface area contributed by atoms with Crippen molar-refractivity contribution in [2.24, 2.45) is 0 Å². The van der Waals surface area contributed by atoms with Crippen LogP contribution in [0.15, 0.2) is 30.6 Å². The van der Waals surface area contributed by atoms with Gasteiger partial charge < -0.3 is 9.64 Å². The summed E-state index contributed by atoms with van der Waals surface area (Å²) in [6.45, 7) is 0. The number of amides is 1. The lowest BCUT2D eigenvalue weighted by Crippen LogP contribution is -2.47. The van der Waals surface area contributed by atoms with Crippen molar-refractivity contribution in [2.75, 3.05) is 0 Å². The van der Waals surface area contributed by atoms with E-state index in [9.17, 15) is 31.1 Å². The Morgan fingerprint density at radius 2 is 1.76 bits per heavy atom. The Labute approximate surface area is 227 Å². The van der Waals surface area contributed by atoms with E-state index < -0.39 is 36.0 Å². The molecule has 0 spiro atoms. The number of fused-ring (bicyclic) bond motifs is 3. The predicted octanol–water partition coefficient (Wildman–Crippen LogP) is 4.99. The Morgan fingerprint density at radius 3 is 2.41 bits per heavy atom. The molecule has 0 radical (unpaired) electrons. The average Bonchev–Trinajstić information content (AvgIpc) is 3.36. The average molecular weight is 588 g/mol. The molecule has 0 unspecified atom stereocenters. The lowest BCUT2D eigenvalue weighted by atomic mass is 9.86. The standard InChI is InChI=1S/C21H17F6N5O2.3H2S/c22-13-7-10(1-6-17(13)34-21(25,26)27)19(33)31-11-2-4-12(15(31)5-3-11)16-8-14(18(23)24)30-20-28-9-29-32(16)20;;;/h1,6-9,11-12,15,18H,2-5H2;3*1H2/t11-,12-,15-;;;/m0.../s1. The van der Waals surface area contributed by atoms with Gasteiger partial charge in [0, 0.05) is 23.6 Å². The number of hydrogen-bond donors (Lipinski definition) is 0. The van der Waals surface area contributed by atoms with Crippen LogP contribution in [0.25, 0.3) is 5.78 Å². The molecule has 0 saturated carbocycles. The van der Waals surface area contributed by atoms with Crippen LogP contribution in [0.2, 0.25) is 0 Å². The number of carbonyl (C=O) groups excluding carboxylic acids is 1. The number of benzene rings is 1. The second-order valence-electron chi connectivity index (χ2n) is 8.27. The number of piperidine rings is 1. The number of halogens is 6. The largest absolute Gasteiger partial charge is 0.573 e. The molecule has 3 aromatic rings. The number of alkyl halides is 5. The van der Waals surface area contributed by atoms with Gasteiger partial charge in [0.05, 0.1) is 5.69 Å². The van der Waals surface area contributed by atoms with Gasteiger partial charge in [-0.05, 0) is 49.9 Å². The van der Waals surface area contributed by atoms with Gasteiger partial charge in [-0.3, -0.25) is 4.79 Å². The van der Waals surface area contributed by atoms with Gasteiger partial charge in [-0.15, -0.1) is 13.2 Å². The van der Waals surface area contributed by atoms with Gasteiger partial charge in [0.15, 0.2) is 11.6 Å². The van der Waals surface area contributed by atoms with Crippen molar-refractivity contribution in [2.45, 2.75) is 56.5 Å². The summed E-state index contributed by atoms with van der Waals surface area (Å²) in [5, 5.41) is 4.09. The number of rotatable bonds is 4. The summed E-state index contributed by atoms with van der Waals surface area (Å²) in [6.07, 6.45) is -4.25. The number of hydrogen-bond acceptors (Lipinski definition) is 5. The van der Waals surface area contributed by atoms with Crippen molar-refractivity contribution in [1.29, 1.82) is 0 Å². The summed E-state index contributed by atoms with van der Waals surface area (Å²) >= 11 is 0. The smallest absolute Gasteiger partial charge is 0.403 e. The van der Waals surface area contributed by atoms with E-state index in [4.69, 9.17) is 0 Å². The van der Waals surface area contributed by atoms with Crippen molar-refractivity contribution in [3.8, 4) is 5.75 Å². The highest BCUT2D eigenvalue weighted by Crippen LogP contribution is 2.45. The maximum absolute atomic E-state index is 14.2. The first-order chi connectivity index (χ1) is 16.1. The molecule has 16 heteroatoms. The molecule has 5 rings (SSSR count). The second-order valence-corrected chi connectivity index (χ2v) is 8.27. The van der Waals surface area contributed by atoms with Crippen molar-refractivity contribution in [3.63, 3.8) is 0 Å². The molecule has 0 N–H and O–H groups in total. The Morgan fingerprint density at radius 1 is 1.05 bits per heavy atom. The Hall–Kier alpha value is -2.33. The molecule has 2 fully saturated rings. The number of aromatic nitrogens is 4. The topological polar surface area (TPSA) is 72.6 Å². The van der Waals surface area contributed by atoms with E-state index in [0.717, 1.165) is 12.1 Å². The molecule has 204 valence electrons. The van der Waals surface area contributed by atoms with Gasteiger partial charge >= 0.3 is 6.36 Å². The first-order valence-corrected chi connectivity index (χ1v) is 10.5. The normalized spacial score (nSPS) is 20.7. The Kier molecular flexibility index (Phi) is 9.68. The van der Waals surface area contributed by atoms with Crippen LogP contribution in [0.4, 0.5) is 26.3 Å². The number of nitrogens with zero attached hydrogens (tertiary/aromatic N) is 5. The first kappa shape index (κ1) is 30.9. The Balaban J connectivity index is 0.00000160. The lowest BCUT2D eigenvalue weighted by molar-refractivity contribution is -0.275. The van der Waals surface area contributed by atoms with Crippen molar-refractivity contribution >= 4 is 52.2 Å². The maximum Gasteiger partial charge on any atom is 0.573 e. The molecule has 37 heavy (non-hydrogen) atoms. The summed E-state index contributed by atoms with van der Waals surface area (Å²) in [6, 6.07) is 3.28. The van der Waals surface area contributed by atoms with Crippen molar-refractivity contribution in [1.82, 2.24) is 24.5 Å². The third-order valence-corrected chi connectivity index (χ3v) is 6.36. The molecule has 7 nitrogen and oxygen atoms in total. The fourth-order valence-electron chi connectivity index (χ4n) is 5.04. The van der Waals surface area contributed by atoms with Gasteiger partial charge in [0.25, 0.3) is 18.1 Å². The summed E-state index contributed by atoms with van der Waals surface area (Å²) in [5.41, 5.74) is -0.129. The van der Waals surface area contributed by atoms with E-state index >= 15 is 0 Å². The zero-order valence-corrected chi connectivity index (χ0v) is 21.8. The van der Waals surface area contributed by atoms with Crippen LogP contribution in [0.5, 0.6) is 5.75 Å². The van der Waals surface area contributed by atoms with Crippen LogP contribution in [-0.2, 0) is 0 Å². The van der Waals surface area contributed by atoms with Gasteiger partial charge in [0.2, 0.25) is 0 Å². The molecule has 1 amide bonds. The van der Waals surface area contributed by atoms with E-state index in [1.165, 1.54) is 16.9 Å². The summed E-state index contributed by atoms with van der Waals surface area (Å²) in [4.78, 5) is 22.6. The van der Waals surface area contributed by atoms with E-state index in [0.29, 0.717) is 37.4 Å². The van der Waals surface area contributed by atoms with E-state index in [1.54, 1.807) is 4.90 Å². The summed E-state index contributed by atoms with van der Waals surface area (Å²) in [5.74, 6) is -3.23. The second kappa shape index (κ2) is 11.6. The van der Waals surface area contributed by atoms with Gasteiger partial charge in [-0.1, -0.05) is 0 Å². The van der Waals surface area contributed by atoms with Crippen LogP contribution in [0.1, 0.15) is 59.8 Å². The van der Waals surface area contributed by atoms with Crippen LogP contribution >= 0.6 is 40.5 Å². The fourth-order valence-corrected chi connectivity index (χ4v) is 5.04. The maximum atomic E-state index is 14.2. The number of ether oxygens (including phenoxy) is 1. The Bertz CT molecular complexity index is 1260. The molecule has 2 aromatic heterocycles. The molecule has 2 aliphatic rings. The van der Waals surface area contributed by atoms with Gasteiger partial charge in [-0.25, -0.2) is 22.7 Å². The molecular formula is C21H23F6N5O2S3. The highest BCUT2D eigenvalue weighted by Gasteiger charge is 2.46. The van der Waals surface area contributed by atoms with Gasteiger partial charge in [-0.2, -0.15) is 50.6 Å². The molecule has 2 bridgehead atoms. The first-order valence-electron chi connectivity index (χ1n) is 10.5. The van der Waals surface area contributed by atoms with Crippen LogP contribution < -0.4 is 4.74 Å². The molecular weight excluding hydrogens is 564 g/mol. The molecule has 1 aromatic carbocycles. The minimum absolute atomic E-state index is 0. The third-order valence-electron chi connectivity index (χ3n) is 6.36. The van der Waals surface area contributed by atoms with E-state index in [1.807, 2.05) is 0 Å². The highest BCUT2D eigenvalue weighted by molar-refractivity contribution is 7.59. The molecule has 0 aliphatic carbocycles. The van der Waals surface area contributed by atoms with Crippen LogP contribution in [-0.4, -0.2) is 48.8 Å². The zero-order chi connectivity index (χ0) is 24.2. The summed E-state index contributed by atoms with van der Waals surface area (Å²) < 4.78 is 83.4. The molecule has 3 atom stereocenters. The fraction of sp³-hybridized carbons (Fsp3) is 0.429. The minimum atomic E-state index is -5.07. The molecule has 4 heterocycles. The predicted molar refractivity (Wildman–Crippen MR) is 135 cm³/mol. The van der Waals surface area contributed by atoms with Crippen LogP contribution in [0, 0.1) is 5.82 Å². The summed E-state index contributed by atoms with van der Waals surface area (Å²) in [7, 11) is 0. The zero-order valence-electron chi connectivity index (χ0n) is 18.8. The van der Waals surface area contributed by atoms with E-state index in [2.05, 4.69) is 19.8 Å². The van der Waals surface area contributed by atoms with E-state index in [-0.39, 0.29) is 69.8 Å².